The first-order valence-corrected chi connectivity index (χ1v) is 6.36. The van der Waals surface area contributed by atoms with Gasteiger partial charge in [-0.15, -0.1) is 0 Å². The molecule has 106 valence electrons. The second-order valence-electron chi connectivity index (χ2n) is 4.19. The van der Waals surface area contributed by atoms with Gasteiger partial charge in [-0.3, -0.25) is 4.79 Å². The van der Waals surface area contributed by atoms with Gasteiger partial charge < -0.3 is 10.1 Å². The molecule has 0 saturated heterocycles. The molecule has 21 heavy (non-hydrogen) atoms. The number of carbonyl (C=O) groups is 1. The molecular formula is C17H14FNO2. The summed E-state index contributed by atoms with van der Waals surface area (Å²) in [5, 5.41) is 2.69. The maximum absolute atomic E-state index is 12.7. The van der Waals surface area contributed by atoms with Gasteiger partial charge in [-0.25, -0.2) is 4.39 Å². The number of halogens is 1. The lowest BCUT2D eigenvalue weighted by Crippen LogP contribution is -2.24. The summed E-state index contributed by atoms with van der Waals surface area (Å²) in [5.74, 6) is 5.62. The Morgan fingerprint density at radius 3 is 2.62 bits per heavy atom. The molecule has 0 fully saturated rings. The lowest BCUT2D eigenvalue weighted by molar-refractivity contribution is 0.0955. The Bertz CT molecular complexity index is 684. The van der Waals surface area contributed by atoms with Crippen molar-refractivity contribution in [2.45, 2.75) is 0 Å². The quantitative estimate of drug-likeness (QED) is 0.879. The van der Waals surface area contributed by atoms with E-state index in [0.717, 1.165) is 0 Å². The minimum Gasteiger partial charge on any atom is -0.496 e. The molecule has 4 heteroatoms. The van der Waals surface area contributed by atoms with Crippen molar-refractivity contribution in [1.82, 2.24) is 5.32 Å². The molecule has 0 radical (unpaired) electrons. The average Bonchev–Trinajstić information content (AvgIpc) is 2.53. The summed E-state index contributed by atoms with van der Waals surface area (Å²) in [6.45, 7) is 0.203. The molecule has 0 atom stereocenters. The first-order chi connectivity index (χ1) is 10.2. The summed E-state index contributed by atoms with van der Waals surface area (Å²) in [6.07, 6.45) is 0. The standard InChI is InChI=1S/C17H14FNO2/c1-21-16-7-3-2-6-15(16)17(20)19-12-4-5-13-8-10-14(18)11-9-13/h2-3,6-11H,12H2,1H3,(H,19,20). The van der Waals surface area contributed by atoms with E-state index in [4.69, 9.17) is 4.74 Å². The summed E-state index contributed by atoms with van der Waals surface area (Å²) in [7, 11) is 1.51. The highest BCUT2D eigenvalue weighted by molar-refractivity contribution is 5.97. The molecule has 0 spiro atoms. The van der Waals surface area contributed by atoms with Crippen molar-refractivity contribution in [1.29, 1.82) is 0 Å². The summed E-state index contributed by atoms with van der Waals surface area (Å²) in [5.41, 5.74) is 1.16. The van der Waals surface area contributed by atoms with Crippen LogP contribution < -0.4 is 10.1 Å². The average molecular weight is 283 g/mol. The number of amides is 1. The number of benzene rings is 2. The van der Waals surface area contributed by atoms with Crippen LogP contribution >= 0.6 is 0 Å². The minimum atomic E-state index is -0.301. The molecule has 2 rings (SSSR count). The third-order valence-electron chi connectivity index (χ3n) is 2.77. The molecular weight excluding hydrogens is 269 g/mol. The molecule has 0 aromatic heterocycles. The van der Waals surface area contributed by atoms with E-state index in [-0.39, 0.29) is 18.3 Å². The van der Waals surface area contributed by atoms with Crippen LogP contribution in [-0.2, 0) is 0 Å². The fourth-order valence-electron chi connectivity index (χ4n) is 1.73. The van der Waals surface area contributed by atoms with Gasteiger partial charge >= 0.3 is 0 Å². The van der Waals surface area contributed by atoms with Crippen LogP contribution in [0.1, 0.15) is 15.9 Å². The monoisotopic (exact) mass is 283 g/mol. The molecule has 0 aliphatic rings. The summed E-state index contributed by atoms with van der Waals surface area (Å²) < 4.78 is 17.8. The fourth-order valence-corrected chi connectivity index (χ4v) is 1.73. The van der Waals surface area contributed by atoms with Crippen LogP contribution in [0.4, 0.5) is 4.39 Å². The first kappa shape index (κ1) is 14.6. The number of hydrogen-bond donors (Lipinski definition) is 1. The van der Waals surface area contributed by atoms with Gasteiger partial charge in [0.2, 0.25) is 0 Å². The van der Waals surface area contributed by atoms with Crippen LogP contribution in [0.3, 0.4) is 0 Å². The normalized spacial score (nSPS) is 9.43. The molecule has 0 aliphatic heterocycles. The number of carbonyl (C=O) groups excluding carboxylic acids is 1. The number of hydrogen-bond acceptors (Lipinski definition) is 2. The Kier molecular flexibility index (Phi) is 4.94. The smallest absolute Gasteiger partial charge is 0.255 e. The van der Waals surface area contributed by atoms with Gasteiger partial charge in [0.1, 0.15) is 11.6 Å². The van der Waals surface area contributed by atoms with Gasteiger partial charge in [-0.2, -0.15) is 0 Å². The van der Waals surface area contributed by atoms with Crippen molar-refractivity contribution in [3.8, 4) is 17.6 Å². The molecule has 0 unspecified atom stereocenters. The molecule has 3 nitrogen and oxygen atoms in total. The van der Waals surface area contributed by atoms with Gasteiger partial charge in [0, 0.05) is 5.56 Å². The minimum absolute atomic E-state index is 0.203. The molecule has 2 aromatic carbocycles. The first-order valence-electron chi connectivity index (χ1n) is 6.36. The fraction of sp³-hybridized carbons (Fsp3) is 0.118. The van der Waals surface area contributed by atoms with Crippen molar-refractivity contribution in [2.24, 2.45) is 0 Å². The summed E-state index contributed by atoms with van der Waals surface area (Å²) in [4.78, 5) is 12.0. The van der Waals surface area contributed by atoms with Crippen molar-refractivity contribution in [3.63, 3.8) is 0 Å². The molecule has 0 saturated carbocycles. The van der Waals surface area contributed by atoms with E-state index in [2.05, 4.69) is 17.2 Å². The number of para-hydroxylation sites is 1. The van der Waals surface area contributed by atoms with Gasteiger partial charge in [-0.1, -0.05) is 24.0 Å². The van der Waals surface area contributed by atoms with E-state index < -0.39 is 0 Å². The van der Waals surface area contributed by atoms with E-state index in [0.29, 0.717) is 16.9 Å². The molecule has 0 heterocycles. The summed E-state index contributed by atoms with van der Waals surface area (Å²) in [6, 6.07) is 12.8. The molecule has 0 bridgehead atoms. The predicted octanol–water partition coefficient (Wildman–Crippen LogP) is 2.62. The van der Waals surface area contributed by atoms with E-state index >= 15 is 0 Å². The van der Waals surface area contributed by atoms with E-state index in [1.807, 2.05) is 0 Å². The number of ether oxygens (including phenoxy) is 1. The summed E-state index contributed by atoms with van der Waals surface area (Å²) >= 11 is 0. The van der Waals surface area contributed by atoms with Gasteiger partial charge in [0.25, 0.3) is 5.91 Å². The second kappa shape index (κ2) is 7.11. The molecule has 0 aliphatic carbocycles. The van der Waals surface area contributed by atoms with E-state index in [9.17, 15) is 9.18 Å². The van der Waals surface area contributed by atoms with Gasteiger partial charge in [0.15, 0.2) is 0 Å². The lowest BCUT2D eigenvalue weighted by Gasteiger charge is -2.06. The molecule has 1 N–H and O–H groups in total. The molecule has 1 amide bonds. The maximum atomic E-state index is 12.7. The van der Waals surface area contributed by atoms with Gasteiger partial charge in [0.05, 0.1) is 19.2 Å². The van der Waals surface area contributed by atoms with Crippen molar-refractivity contribution in [3.05, 3.63) is 65.5 Å². The zero-order valence-electron chi connectivity index (χ0n) is 11.5. The highest BCUT2D eigenvalue weighted by Crippen LogP contribution is 2.16. The highest BCUT2D eigenvalue weighted by atomic mass is 19.1. The Morgan fingerprint density at radius 1 is 1.19 bits per heavy atom. The zero-order chi connectivity index (χ0) is 15.1. The van der Waals surface area contributed by atoms with Crippen LogP contribution in [0.2, 0.25) is 0 Å². The number of rotatable bonds is 3. The van der Waals surface area contributed by atoms with E-state index in [1.165, 1.54) is 19.2 Å². The number of nitrogens with one attached hydrogen (secondary N) is 1. The van der Waals surface area contributed by atoms with Gasteiger partial charge in [-0.05, 0) is 36.4 Å². The van der Waals surface area contributed by atoms with Crippen LogP contribution in [-0.4, -0.2) is 19.6 Å². The zero-order valence-corrected chi connectivity index (χ0v) is 11.5. The second-order valence-corrected chi connectivity index (χ2v) is 4.19. The SMILES string of the molecule is COc1ccccc1C(=O)NCC#Cc1ccc(F)cc1. The van der Waals surface area contributed by atoms with Crippen LogP contribution in [0.5, 0.6) is 5.75 Å². The van der Waals surface area contributed by atoms with Crippen LogP contribution in [0.25, 0.3) is 0 Å². The Morgan fingerprint density at radius 2 is 1.90 bits per heavy atom. The van der Waals surface area contributed by atoms with Crippen molar-refractivity contribution >= 4 is 5.91 Å². The Balaban J connectivity index is 1.94. The molecule has 2 aromatic rings. The largest absolute Gasteiger partial charge is 0.496 e. The third kappa shape index (κ3) is 4.08. The van der Waals surface area contributed by atoms with Crippen molar-refractivity contribution in [2.75, 3.05) is 13.7 Å². The predicted molar refractivity (Wildman–Crippen MR) is 78.6 cm³/mol. The number of methoxy groups -OCH3 is 1. The van der Waals surface area contributed by atoms with E-state index in [1.54, 1.807) is 36.4 Å². The topological polar surface area (TPSA) is 38.3 Å². The van der Waals surface area contributed by atoms with Crippen LogP contribution in [0.15, 0.2) is 48.5 Å². The third-order valence-corrected chi connectivity index (χ3v) is 2.77. The maximum Gasteiger partial charge on any atom is 0.255 e. The van der Waals surface area contributed by atoms with Crippen molar-refractivity contribution < 1.29 is 13.9 Å². The Hall–Kier alpha value is -2.80. The Labute approximate surface area is 122 Å². The van der Waals surface area contributed by atoms with Crippen LogP contribution in [0, 0.1) is 17.7 Å². The lowest BCUT2D eigenvalue weighted by atomic mass is 10.2. The highest BCUT2D eigenvalue weighted by Gasteiger charge is 2.09.